The number of anilines is 1. The van der Waals surface area contributed by atoms with Gasteiger partial charge < -0.3 is 4.74 Å². The Labute approximate surface area is 93.4 Å². The molecule has 0 N–H and O–H groups in total. The van der Waals surface area contributed by atoms with Gasteiger partial charge in [-0.05, 0) is 19.8 Å². The third kappa shape index (κ3) is 1.79. The number of nitrogens with zero attached hydrogens (tertiary/aromatic N) is 3. The van der Waals surface area contributed by atoms with Crippen LogP contribution in [0.3, 0.4) is 0 Å². The molecule has 0 bridgehead atoms. The molecule has 4 nitrogen and oxygen atoms in total. The highest BCUT2D eigenvalue weighted by atomic mass is 32.2. The van der Waals surface area contributed by atoms with E-state index in [0.717, 1.165) is 23.1 Å². The first kappa shape index (κ1) is 10.3. The Kier molecular flexibility index (Phi) is 2.81. The van der Waals surface area contributed by atoms with Crippen LogP contribution in [0.15, 0.2) is 23.8 Å². The SMILES string of the molecule is C=C1OCc2cnc(SC)nc2N1CC. The molecular weight excluding hydrogens is 210 g/mol. The summed E-state index contributed by atoms with van der Waals surface area (Å²) in [5.41, 5.74) is 1.02. The fourth-order valence-electron chi connectivity index (χ4n) is 1.50. The molecule has 1 aliphatic rings. The van der Waals surface area contributed by atoms with E-state index in [1.54, 1.807) is 0 Å². The second-order valence-corrected chi connectivity index (χ2v) is 3.91. The van der Waals surface area contributed by atoms with E-state index in [-0.39, 0.29) is 0 Å². The van der Waals surface area contributed by atoms with Crippen LogP contribution in [0, 0.1) is 0 Å². The molecule has 1 aromatic heterocycles. The van der Waals surface area contributed by atoms with Gasteiger partial charge in [-0.3, -0.25) is 4.90 Å². The quantitative estimate of drug-likeness (QED) is 0.566. The zero-order valence-electron chi connectivity index (χ0n) is 8.86. The Morgan fingerprint density at radius 3 is 3.13 bits per heavy atom. The summed E-state index contributed by atoms with van der Waals surface area (Å²) in [7, 11) is 0. The lowest BCUT2D eigenvalue weighted by atomic mass is 10.3. The van der Waals surface area contributed by atoms with E-state index in [2.05, 4.69) is 16.5 Å². The maximum Gasteiger partial charge on any atom is 0.189 e. The van der Waals surface area contributed by atoms with Crippen molar-refractivity contribution in [1.29, 1.82) is 0 Å². The van der Waals surface area contributed by atoms with E-state index in [1.807, 2.05) is 24.3 Å². The van der Waals surface area contributed by atoms with Crippen molar-refractivity contribution in [2.45, 2.75) is 18.7 Å². The summed E-state index contributed by atoms with van der Waals surface area (Å²) in [6, 6.07) is 0. The summed E-state index contributed by atoms with van der Waals surface area (Å²) in [6.07, 6.45) is 3.79. The predicted octanol–water partition coefficient (Wildman–Crippen LogP) is 2.03. The average Bonchev–Trinajstić information content (AvgIpc) is 2.28. The smallest absolute Gasteiger partial charge is 0.189 e. The van der Waals surface area contributed by atoms with Crippen LogP contribution in [0.25, 0.3) is 0 Å². The molecule has 2 rings (SSSR count). The number of rotatable bonds is 2. The summed E-state index contributed by atoms with van der Waals surface area (Å²) >= 11 is 1.54. The molecule has 15 heavy (non-hydrogen) atoms. The molecule has 2 heterocycles. The summed E-state index contributed by atoms with van der Waals surface area (Å²) in [6.45, 7) is 7.22. The lowest BCUT2D eigenvalue weighted by Gasteiger charge is -2.30. The molecule has 1 aromatic rings. The van der Waals surface area contributed by atoms with Crippen molar-refractivity contribution >= 4 is 17.6 Å². The first-order valence-corrected chi connectivity index (χ1v) is 5.98. The van der Waals surface area contributed by atoms with Crippen LogP contribution in [-0.2, 0) is 11.3 Å². The minimum atomic E-state index is 0.513. The number of hydrogen-bond acceptors (Lipinski definition) is 5. The molecule has 0 saturated heterocycles. The highest BCUT2D eigenvalue weighted by molar-refractivity contribution is 7.98. The molecule has 0 radical (unpaired) electrons. The van der Waals surface area contributed by atoms with Gasteiger partial charge >= 0.3 is 0 Å². The Bertz CT molecular complexity index is 394. The zero-order valence-corrected chi connectivity index (χ0v) is 9.67. The molecule has 0 unspecified atom stereocenters. The molecule has 0 aliphatic carbocycles. The Hall–Kier alpha value is -1.23. The topological polar surface area (TPSA) is 38.3 Å². The van der Waals surface area contributed by atoms with E-state index in [0.29, 0.717) is 12.5 Å². The minimum absolute atomic E-state index is 0.513. The van der Waals surface area contributed by atoms with Crippen LogP contribution in [0.4, 0.5) is 5.82 Å². The summed E-state index contributed by atoms with van der Waals surface area (Å²) in [5.74, 6) is 1.59. The van der Waals surface area contributed by atoms with E-state index in [9.17, 15) is 0 Å². The van der Waals surface area contributed by atoms with Gasteiger partial charge in [-0.15, -0.1) is 0 Å². The van der Waals surface area contributed by atoms with Gasteiger partial charge in [0.15, 0.2) is 11.0 Å². The van der Waals surface area contributed by atoms with Crippen LogP contribution in [0.5, 0.6) is 0 Å². The maximum atomic E-state index is 5.43. The van der Waals surface area contributed by atoms with Crippen molar-refractivity contribution in [2.24, 2.45) is 0 Å². The van der Waals surface area contributed by atoms with E-state index < -0.39 is 0 Å². The van der Waals surface area contributed by atoms with Gasteiger partial charge in [0, 0.05) is 12.7 Å². The maximum absolute atomic E-state index is 5.43. The third-order valence-electron chi connectivity index (χ3n) is 2.27. The highest BCUT2D eigenvalue weighted by Crippen LogP contribution is 2.28. The van der Waals surface area contributed by atoms with Gasteiger partial charge in [-0.25, -0.2) is 9.97 Å². The van der Waals surface area contributed by atoms with Crippen molar-refractivity contribution in [3.8, 4) is 0 Å². The molecule has 1 aliphatic heterocycles. The second kappa shape index (κ2) is 4.10. The van der Waals surface area contributed by atoms with Gasteiger partial charge in [0.1, 0.15) is 12.4 Å². The van der Waals surface area contributed by atoms with E-state index in [4.69, 9.17) is 4.74 Å². The number of thioether (sulfide) groups is 1. The second-order valence-electron chi connectivity index (χ2n) is 3.13. The van der Waals surface area contributed by atoms with Gasteiger partial charge in [0.25, 0.3) is 0 Å². The number of aromatic nitrogens is 2. The van der Waals surface area contributed by atoms with Crippen LogP contribution in [0.2, 0.25) is 0 Å². The summed E-state index contributed by atoms with van der Waals surface area (Å²) in [5, 5.41) is 0.780. The first-order valence-electron chi connectivity index (χ1n) is 4.75. The van der Waals surface area contributed by atoms with Crippen LogP contribution < -0.4 is 4.90 Å². The Balaban J connectivity index is 2.45. The molecule has 0 atom stereocenters. The monoisotopic (exact) mass is 223 g/mol. The van der Waals surface area contributed by atoms with Crippen molar-refractivity contribution < 1.29 is 4.74 Å². The van der Waals surface area contributed by atoms with Crippen molar-refractivity contribution in [3.63, 3.8) is 0 Å². The summed E-state index contributed by atoms with van der Waals surface area (Å²) < 4.78 is 5.43. The Morgan fingerprint density at radius 2 is 2.47 bits per heavy atom. The highest BCUT2D eigenvalue weighted by Gasteiger charge is 2.22. The standard InChI is InChI=1S/C10H13N3OS/c1-4-13-7(2)14-6-8-5-11-10(15-3)12-9(8)13/h5H,2,4,6H2,1,3H3. The number of fused-ring (bicyclic) bond motifs is 1. The fraction of sp³-hybridized carbons (Fsp3) is 0.400. The average molecular weight is 223 g/mol. The third-order valence-corrected chi connectivity index (χ3v) is 2.83. The van der Waals surface area contributed by atoms with Gasteiger partial charge in [-0.1, -0.05) is 11.8 Å². The molecule has 0 saturated carbocycles. The van der Waals surface area contributed by atoms with Crippen molar-refractivity contribution in [1.82, 2.24) is 9.97 Å². The molecule has 80 valence electrons. The van der Waals surface area contributed by atoms with Gasteiger partial charge in [-0.2, -0.15) is 0 Å². The lowest BCUT2D eigenvalue weighted by Crippen LogP contribution is -2.29. The van der Waals surface area contributed by atoms with Crippen molar-refractivity contribution in [2.75, 3.05) is 17.7 Å². The van der Waals surface area contributed by atoms with Gasteiger partial charge in [0.2, 0.25) is 0 Å². The zero-order chi connectivity index (χ0) is 10.8. The van der Waals surface area contributed by atoms with E-state index >= 15 is 0 Å². The number of ether oxygens (including phenoxy) is 1. The largest absolute Gasteiger partial charge is 0.474 e. The molecule has 0 amide bonds. The normalized spacial score (nSPS) is 14.8. The fourth-order valence-corrected chi connectivity index (χ4v) is 1.84. The first-order chi connectivity index (χ1) is 7.26. The molecular formula is C10H13N3OS. The van der Waals surface area contributed by atoms with Crippen LogP contribution in [0.1, 0.15) is 12.5 Å². The molecule has 0 aromatic carbocycles. The molecule has 5 heteroatoms. The van der Waals surface area contributed by atoms with Crippen LogP contribution in [-0.4, -0.2) is 22.8 Å². The van der Waals surface area contributed by atoms with Crippen molar-refractivity contribution in [3.05, 3.63) is 24.2 Å². The minimum Gasteiger partial charge on any atom is -0.474 e. The summed E-state index contributed by atoms with van der Waals surface area (Å²) in [4.78, 5) is 10.6. The molecule has 0 spiro atoms. The van der Waals surface area contributed by atoms with Gasteiger partial charge in [0.05, 0.1) is 5.56 Å². The molecule has 0 fully saturated rings. The predicted molar refractivity (Wildman–Crippen MR) is 60.8 cm³/mol. The van der Waals surface area contributed by atoms with Crippen LogP contribution >= 0.6 is 11.8 Å². The lowest BCUT2D eigenvalue weighted by molar-refractivity contribution is 0.180. The van der Waals surface area contributed by atoms with E-state index in [1.165, 1.54) is 11.8 Å². The number of hydrogen-bond donors (Lipinski definition) is 0. The Morgan fingerprint density at radius 1 is 1.67 bits per heavy atom.